The molecule has 2 rings (SSSR count). The molecule has 10 heteroatoms. The molecule has 4 amide bonds. The molecule has 9 nitrogen and oxygen atoms in total. The number of rotatable bonds is 4. The van der Waals surface area contributed by atoms with Crippen LogP contribution in [-0.4, -0.2) is 50.2 Å². The Labute approximate surface area is 132 Å². The highest BCUT2D eigenvalue weighted by atomic mass is 32.2. The maximum atomic E-state index is 11.7. The Morgan fingerprint density at radius 2 is 1.96 bits per heavy atom. The van der Waals surface area contributed by atoms with Crippen LogP contribution >= 0.6 is 0 Å². The van der Waals surface area contributed by atoms with Gasteiger partial charge < -0.3 is 10.1 Å². The number of amides is 4. The van der Waals surface area contributed by atoms with Gasteiger partial charge >= 0.3 is 12.1 Å². The molecule has 0 aromatic heterocycles. The van der Waals surface area contributed by atoms with Crippen LogP contribution in [0, 0.1) is 0 Å². The van der Waals surface area contributed by atoms with Gasteiger partial charge in [0, 0.05) is 0 Å². The molecule has 1 atom stereocenters. The Bertz CT molecular complexity index is 718. The first kappa shape index (κ1) is 16.7. The zero-order chi connectivity index (χ0) is 17.0. The number of nitrogens with zero attached hydrogens (tertiary/aromatic N) is 1. The first-order valence-electron chi connectivity index (χ1n) is 6.56. The van der Waals surface area contributed by atoms with Gasteiger partial charge in [-0.05, 0) is 5.56 Å². The van der Waals surface area contributed by atoms with E-state index in [1.807, 2.05) is 6.07 Å². The number of hydrogen-bond acceptors (Lipinski definition) is 6. The van der Waals surface area contributed by atoms with Crippen LogP contribution < -0.4 is 10.0 Å². The molecule has 1 heterocycles. The summed E-state index contributed by atoms with van der Waals surface area (Å²) in [4.78, 5) is 35.4. The Hall–Kier alpha value is -2.62. The first-order valence-corrected chi connectivity index (χ1v) is 8.46. The third-order valence-corrected chi connectivity index (χ3v) is 3.50. The van der Waals surface area contributed by atoms with E-state index in [0.717, 1.165) is 11.8 Å². The number of carbonyl (C=O) groups is 3. The van der Waals surface area contributed by atoms with Crippen molar-refractivity contribution in [2.75, 3.05) is 12.8 Å². The number of likely N-dealkylation sites (tertiary alicyclic amines) is 1. The van der Waals surface area contributed by atoms with Crippen molar-refractivity contribution < 1.29 is 27.5 Å². The summed E-state index contributed by atoms with van der Waals surface area (Å²) >= 11 is 0. The van der Waals surface area contributed by atoms with Gasteiger partial charge in [0.15, 0.2) is 0 Å². The van der Waals surface area contributed by atoms with Crippen LogP contribution in [0.3, 0.4) is 0 Å². The SMILES string of the molecule is CS(=O)(=O)NC(=O)N1CC(NC(=O)OCc2ccccc2)C1=O. The van der Waals surface area contributed by atoms with Gasteiger partial charge in [-0.25, -0.2) is 22.7 Å². The lowest BCUT2D eigenvalue weighted by molar-refractivity contribution is -0.139. The molecule has 0 spiro atoms. The number of imide groups is 1. The third-order valence-electron chi connectivity index (χ3n) is 2.95. The topological polar surface area (TPSA) is 122 Å². The van der Waals surface area contributed by atoms with Gasteiger partial charge in [0.1, 0.15) is 12.6 Å². The molecule has 124 valence electrons. The van der Waals surface area contributed by atoms with Crippen molar-refractivity contribution in [1.29, 1.82) is 0 Å². The fraction of sp³-hybridized carbons (Fsp3) is 0.308. The summed E-state index contributed by atoms with van der Waals surface area (Å²) in [5.41, 5.74) is 0.789. The van der Waals surface area contributed by atoms with Crippen molar-refractivity contribution in [3.05, 3.63) is 35.9 Å². The Morgan fingerprint density at radius 3 is 2.52 bits per heavy atom. The van der Waals surface area contributed by atoms with Crippen molar-refractivity contribution in [1.82, 2.24) is 14.9 Å². The number of sulfonamides is 1. The molecule has 1 fully saturated rings. The van der Waals surface area contributed by atoms with Crippen LogP contribution in [0.15, 0.2) is 30.3 Å². The second kappa shape index (κ2) is 6.65. The van der Waals surface area contributed by atoms with Crippen molar-refractivity contribution in [3.8, 4) is 0 Å². The Morgan fingerprint density at radius 1 is 1.30 bits per heavy atom. The number of hydrogen-bond donors (Lipinski definition) is 2. The number of carbonyl (C=O) groups excluding carboxylic acids is 3. The van der Waals surface area contributed by atoms with Gasteiger partial charge in [0.05, 0.1) is 12.8 Å². The van der Waals surface area contributed by atoms with Gasteiger partial charge in [-0.15, -0.1) is 0 Å². The molecule has 23 heavy (non-hydrogen) atoms. The van der Waals surface area contributed by atoms with E-state index in [1.54, 1.807) is 29.0 Å². The number of nitrogens with one attached hydrogen (secondary N) is 2. The van der Waals surface area contributed by atoms with Crippen molar-refractivity contribution >= 4 is 28.1 Å². The van der Waals surface area contributed by atoms with Crippen LogP contribution in [-0.2, 0) is 26.2 Å². The molecule has 0 saturated carbocycles. The molecule has 1 aliphatic heterocycles. The number of alkyl carbamates (subject to hydrolysis) is 1. The van der Waals surface area contributed by atoms with Gasteiger partial charge in [-0.1, -0.05) is 30.3 Å². The normalized spacial score (nSPS) is 17.2. The van der Waals surface area contributed by atoms with Crippen LogP contribution in [0.25, 0.3) is 0 Å². The highest BCUT2D eigenvalue weighted by Crippen LogP contribution is 2.11. The minimum absolute atomic E-state index is 0.0475. The van der Waals surface area contributed by atoms with Gasteiger partial charge in [0.2, 0.25) is 10.0 Å². The lowest BCUT2D eigenvalue weighted by atomic mass is 10.1. The van der Waals surface area contributed by atoms with Crippen LogP contribution in [0.2, 0.25) is 0 Å². The molecule has 0 bridgehead atoms. The molecular weight excluding hydrogens is 326 g/mol. The molecule has 0 aliphatic carbocycles. The molecule has 1 unspecified atom stereocenters. The van der Waals surface area contributed by atoms with E-state index in [4.69, 9.17) is 4.74 Å². The highest BCUT2D eigenvalue weighted by molar-refractivity contribution is 7.89. The van der Waals surface area contributed by atoms with E-state index in [-0.39, 0.29) is 13.2 Å². The predicted octanol–water partition coefficient (Wildman–Crippen LogP) is -0.207. The minimum Gasteiger partial charge on any atom is -0.445 e. The molecule has 1 aromatic carbocycles. The maximum Gasteiger partial charge on any atom is 0.408 e. The van der Waals surface area contributed by atoms with E-state index >= 15 is 0 Å². The predicted molar refractivity (Wildman–Crippen MR) is 78.6 cm³/mol. The summed E-state index contributed by atoms with van der Waals surface area (Å²) in [6.07, 6.45) is 0.00151. The van der Waals surface area contributed by atoms with Crippen molar-refractivity contribution in [2.45, 2.75) is 12.6 Å². The van der Waals surface area contributed by atoms with E-state index in [1.165, 1.54) is 0 Å². The largest absolute Gasteiger partial charge is 0.445 e. The fourth-order valence-corrected chi connectivity index (χ4v) is 2.26. The summed E-state index contributed by atoms with van der Waals surface area (Å²) in [7, 11) is -3.75. The maximum absolute atomic E-state index is 11.7. The summed E-state index contributed by atoms with van der Waals surface area (Å²) in [6.45, 7) is -0.0769. The second-order valence-corrected chi connectivity index (χ2v) is 6.64. The molecule has 2 N–H and O–H groups in total. The van der Waals surface area contributed by atoms with Crippen molar-refractivity contribution in [3.63, 3.8) is 0 Å². The van der Waals surface area contributed by atoms with Crippen LogP contribution in [0.1, 0.15) is 5.56 Å². The molecular formula is C13H15N3O6S. The fourth-order valence-electron chi connectivity index (χ4n) is 1.84. The lowest BCUT2D eigenvalue weighted by Gasteiger charge is -2.36. The highest BCUT2D eigenvalue weighted by Gasteiger charge is 2.42. The number of urea groups is 1. The Balaban J connectivity index is 1.76. The van der Waals surface area contributed by atoms with Crippen molar-refractivity contribution in [2.24, 2.45) is 0 Å². The standard InChI is InChI=1S/C13H15N3O6S/c1-23(20,21)15-12(18)16-7-10(11(16)17)14-13(19)22-8-9-5-3-2-4-6-9/h2-6,10H,7-8H2,1H3,(H,14,19)(H,15,18). The summed E-state index contributed by atoms with van der Waals surface area (Å²) < 4.78 is 28.4. The Kier molecular flexibility index (Phi) is 4.84. The van der Waals surface area contributed by atoms with E-state index in [2.05, 4.69) is 5.32 Å². The molecule has 1 saturated heterocycles. The zero-order valence-electron chi connectivity index (χ0n) is 12.2. The quantitative estimate of drug-likeness (QED) is 0.731. The number of β-lactam (4-membered cyclic amide) rings is 1. The average Bonchev–Trinajstić information content (AvgIpc) is 2.47. The summed E-state index contributed by atoms with van der Waals surface area (Å²) in [5.74, 6) is -0.706. The zero-order valence-corrected chi connectivity index (χ0v) is 13.0. The average molecular weight is 341 g/mol. The number of benzene rings is 1. The molecule has 1 aliphatic rings. The lowest BCUT2D eigenvalue weighted by Crippen LogP contribution is -2.67. The third kappa shape index (κ3) is 4.68. The van der Waals surface area contributed by atoms with Gasteiger partial charge in [-0.3, -0.25) is 9.69 Å². The van der Waals surface area contributed by atoms with Crippen LogP contribution in [0.4, 0.5) is 9.59 Å². The molecule has 0 radical (unpaired) electrons. The molecule has 1 aromatic rings. The van der Waals surface area contributed by atoms with E-state index in [9.17, 15) is 22.8 Å². The minimum atomic E-state index is -3.75. The van der Waals surface area contributed by atoms with E-state index < -0.39 is 34.1 Å². The van der Waals surface area contributed by atoms with Crippen LogP contribution in [0.5, 0.6) is 0 Å². The summed E-state index contributed by atoms with van der Waals surface area (Å²) in [5, 5.41) is 2.30. The van der Waals surface area contributed by atoms with Gasteiger partial charge in [-0.2, -0.15) is 0 Å². The first-order chi connectivity index (χ1) is 10.8. The monoisotopic (exact) mass is 341 g/mol. The summed E-state index contributed by atoms with van der Waals surface area (Å²) in [6, 6.07) is 7.01. The van der Waals surface area contributed by atoms with Gasteiger partial charge in [0.25, 0.3) is 5.91 Å². The second-order valence-electron chi connectivity index (χ2n) is 4.89. The number of ether oxygens (including phenoxy) is 1. The van der Waals surface area contributed by atoms with E-state index in [0.29, 0.717) is 4.90 Å². The smallest absolute Gasteiger partial charge is 0.408 e.